The molecule has 1 fully saturated rings. The monoisotopic (exact) mass is 283 g/mol. The van der Waals surface area contributed by atoms with Gasteiger partial charge in [0.05, 0.1) is 6.04 Å². The summed E-state index contributed by atoms with van der Waals surface area (Å²) in [5, 5.41) is 3.17. The van der Waals surface area contributed by atoms with Crippen molar-refractivity contribution in [3.8, 4) is 0 Å². The zero-order chi connectivity index (χ0) is 15.0. The molecule has 5 heteroatoms. The zero-order valence-electron chi connectivity index (χ0n) is 13.2. The third kappa shape index (κ3) is 5.12. The summed E-state index contributed by atoms with van der Waals surface area (Å²) in [6.45, 7) is 9.67. The van der Waals surface area contributed by atoms with Crippen molar-refractivity contribution in [2.24, 2.45) is 0 Å². The van der Waals surface area contributed by atoms with E-state index in [1.807, 2.05) is 30.6 Å². The van der Waals surface area contributed by atoms with Gasteiger partial charge in [-0.2, -0.15) is 0 Å². The molecule has 0 bridgehead atoms. The molecule has 1 saturated heterocycles. The van der Waals surface area contributed by atoms with Crippen molar-refractivity contribution in [2.45, 2.75) is 52.5 Å². The summed E-state index contributed by atoms with van der Waals surface area (Å²) >= 11 is 0. The highest BCUT2D eigenvalue weighted by molar-refractivity contribution is 5.81. The normalized spacial score (nSPS) is 16.9. The second-order valence-electron chi connectivity index (χ2n) is 5.38. The fourth-order valence-electron chi connectivity index (χ4n) is 2.61. The lowest BCUT2D eigenvalue weighted by molar-refractivity contribution is -0.134. The van der Waals surface area contributed by atoms with Gasteiger partial charge in [-0.05, 0) is 40.0 Å². The van der Waals surface area contributed by atoms with Crippen LogP contribution in [0.1, 0.15) is 46.5 Å². The second-order valence-corrected chi connectivity index (χ2v) is 5.38. The van der Waals surface area contributed by atoms with E-state index in [4.69, 9.17) is 0 Å². The van der Waals surface area contributed by atoms with Gasteiger partial charge in [0, 0.05) is 39.1 Å². The summed E-state index contributed by atoms with van der Waals surface area (Å²) in [6, 6.07) is -0.197. The lowest BCUT2D eigenvalue weighted by atomic mass is 10.1. The summed E-state index contributed by atoms with van der Waals surface area (Å²) in [5.41, 5.74) is 0. The number of carbonyl (C=O) groups excluding carboxylic acids is 2. The van der Waals surface area contributed by atoms with Gasteiger partial charge in [-0.25, -0.2) is 0 Å². The van der Waals surface area contributed by atoms with Gasteiger partial charge in [0.25, 0.3) is 0 Å². The van der Waals surface area contributed by atoms with Crippen LogP contribution in [0.3, 0.4) is 0 Å². The molecule has 2 amide bonds. The van der Waals surface area contributed by atoms with Crippen LogP contribution >= 0.6 is 0 Å². The molecule has 1 N–H and O–H groups in total. The molecule has 1 aliphatic rings. The molecule has 0 aliphatic carbocycles. The van der Waals surface area contributed by atoms with E-state index in [1.165, 1.54) is 6.42 Å². The van der Waals surface area contributed by atoms with Crippen LogP contribution in [0.25, 0.3) is 0 Å². The SMILES string of the molecule is CCN(CC)C(=O)CCNC(C)C(=O)N1CCCCC1. The molecule has 5 nitrogen and oxygen atoms in total. The van der Waals surface area contributed by atoms with E-state index in [2.05, 4.69) is 5.32 Å². The van der Waals surface area contributed by atoms with E-state index in [0.29, 0.717) is 13.0 Å². The number of likely N-dealkylation sites (tertiary alicyclic amines) is 1. The fourth-order valence-corrected chi connectivity index (χ4v) is 2.61. The van der Waals surface area contributed by atoms with Gasteiger partial charge < -0.3 is 15.1 Å². The maximum Gasteiger partial charge on any atom is 0.239 e. The van der Waals surface area contributed by atoms with Crippen LogP contribution in [-0.2, 0) is 9.59 Å². The summed E-state index contributed by atoms with van der Waals surface area (Å²) < 4.78 is 0. The Labute approximate surface area is 122 Å². The standard InChI is InChI=1S/C15H29N3O2/c1-4-17(5-2)14(19)9-10-16-13(3)15(20)18-11-7-6-8-12-18/h13,16H,4-12H2,1-3H3. The first-order valence-corrected chi connectivity index (χ1v) is 7.90. The highest BCUT2D eigenvalue weighted by Crippen LogP contribution is 2.09. The first-order chi connectivity index (χ1) is 9.60. The minimum absolute atomic E-state index is 0.153. The van der Waals surface area contributed by atoms with Gasteiger partial charge in [0.2, 0.25) is 11.8 Å². The highest BCUT2D eigenvalue weighted by atomic mass is 16.2. The van der Waals surface area contributed by atoms with Crippen LogP contribution < -0.4 is 5.32 Å². The molecule has 0 saturated carbocycles. The predicted molar refractivity (Wildman–Crippen MR) is 80.4 cm³/mol. The Morgan fingerprint density at radius 1 is 1.15 bits per heavy atom. The minimum Gasteiger partial charge on any atom is -0.343 e. The quantitative estimate of drug-likeness (QED) is 0.765. The van der Waals surface area contributed by atoms with Crippen molar-refractivity contribution < 1.29 is 9.59 Å². The smallest absolute Gasteiger partial charge is 0.239 e. The molecule has 1 atom stereocenters. The van der Waals surface area contributed by atoms with Crippen LogP contribution in [0.15, 0.2) is 0 Å². The maximum atomic E-state index is 12.2. The van der Waals surface area contributed by atoms with Gasteiger partial charge >= 0.3 is 0 Å². The average molecular weight is 283 g/mol. The van der Waals surface area contributed by atoms with Gasteiger partial charge in [-0.1, -0.05) is 0 Å². The molecule has 0 aromatic rings. The Balaban J connectivity index is 2.26. The van der Waals surface area contributed by atoms with Crippen molar-refractivity contribution in [3.05, 3.63) is 0 Å². The number of nitrogens with one attached hydrogen (secondary N) is 1. The number of hydrogen-bond donors (Lipinski definition) is 1. The molecule has 1 rings (SSSR count). The third-order valence-electron chi connectivity index (χ3n) is 3.94. The molecule has 1 aliphatic heterocycles. The first kappa shape index (κ1) is 17.0. The van der Waals surface area contributed by atoms with Gasteiger partial charge in [0.15, 0.2) is 0 Å². The molecular weight excluding hydrogens is 254 g/mol. The Bertz CT molecular complexity index is 310. The minimum atomic E-state index is -0.197. The number of nitrogens with zero attached hydrogens (tertiary/aromatic N) is 2. The van der Waals surface area contributed by atoms with Crippen LogP contribution in [0, 0.1) is 0 Å². The number of hydrogen-bond acceptors (Lipinski definition) is 3. The summed E-state index contributed by atoms with van der Waals surface area (Å²) in [7, 11) is 0. The van der Waals surface area contributed by atoms with Gasteiger partial charge in [-0.3, -0.25) is 9.59 Å². The summed E-state index contributed by atoms with van der Waals surface area (Å²) in [6.07, 6.45) is 3.90. The topological polar surface area (TPSA) is 52.7 Å². The average Bonchev–Trinajstić information content (AvgIpc) is 2.48. The van der Waals surface area contributed by atoms with Crippen LogP contribution in [0.2, 0.25) is 0 Å². The van der Waals surface area contributed by atoms with Crippen LogP contribution in [0.4, 0.5) is 0 Å². The highest BCUT2D eigenvalue weighted by Gasteiger charge is 2.21. The lowest BCUT2D eigenvalue weighted by Crippen LogP contribution is -2.47. The number of piperidine rings is 1. The second kappa shape index (κ2) is 8.95. The van der Waals surface area contributed by atoms with Crippen molar-refractivity contribution in [3.63, 3.8) is 0 Å². The van der Waals surface area contributed by atoms with Crippen LogP contribution in [-0.4, -0.2) is 60.4 Å². The van der Waals surface area contributed by atoms with Crippen molar-refractivity contribution in [2.75, 3.05) is 32.7 Å². The van der Waals surface area contributed by atoms with Crippen LogP contribution in [0.5, 0.6) is 0 Å². The maximum absolute atomic E-state index is 12.2. The van der Waals surface area contributed by atoms with E-state index < -0.39 is 0 Å². The van der Waals surface area contributed by atoms with Crippen molar-refractivity contribution >= 4 is 11.8 Å². The van der Waals surface area contributed by atoms with E-state index in [1.54, 1.807) is 0 Å². The third-order valence-corrected chi connectivity index (χ3v) is 3.94. The first-order valence-electron chi connectivity index (χ1n) is 7.90. The summed E-state index contributed by atoms with van der Waals surface area (Å²) in [5.74, 6) is 0.320. The molecule has 0 aromatic carbocycles. The zero-order valence-corrected chi connectivity index (χ0v) is 13.2. The summed E-state index contributed by atoms with van der Waals surface area (Å²) in [4.78, 5) is 27.8. The fraction of sp³-hybridized carbons (Fsp3) is 0.867. The number of amides is 2. The lowest BCUT2D eigenvalue weighted by Gasteiger charge is -2.29. The molecule has 116 valence electrons. The van der Waals surface area contributed by atoms with E-state index >= 15 is 0 Å². The predicted octanol–water partition coefficient (Wildman–Crippen LogP) is 1.24. The molecule has 1 unspecified atom stereocenters. The molecule has 0 spiro atoms. The molecule has 1 heterocycles. The Morgan fingerprint density at radius 3 is 2.30 bits per heavy atom. The number of rotatable bonds is 7. The van der Waals surface area contributed by atoms with Crippen molar-refractivity contribution in [1.82, 2.24) is 15.1 Å². The van der Waals surface area contributed by atoms with Gasteiger partial charge in [0.1, 0.15) is 0 Å². The molecule has 0 aromatic heterocycles. The van der Waals surface area contributed by atoms with E-state index in [0.717, 1.165) is 39.0 Å². The molecule has 0 radical (unpaired) electrons. The van der Waals surface area contributed by atoms with E-state index in [9.17, 15) is 9.59 Å². The molecule has 20 heavy (non-hydrogen) atoms. The van der Waals surface area contributed by atoms with Gasteiger partial charge in [-0.15, -0.1) is 0 Å². The Morgan fingerprint density at radius 2 is 1.75 bits per heavy atom. The van der Waals surface area contributed by atoms with E-state index in [-0.39, 0.29) is 17.9 Å². The largest absolute Gasteiger partial charge is 0.343 e. The van der Waals surface area contributed by atoms with Crippen molar-refractivity contribution in [1.29, 1.82) is 0 Å². The Hall–Kier alpha value is -1.10. The molecular formula is C15H29N3O2. The number of carbonyl (C=O) groups is 2. The Kier molecular flexibility index (Phi) is 7.59.